The van der Waals surface area contributed by atoms with E-state index in [-0.39, 0.29) is 5.91 Å². The van der Waals surface area contributed by atoms with Gasteiger partial charge in [-0.2, -0.15) is 5.26 Å². The van der Waals surface area contributed by atoms with Crippen LogP contribution in [0.25, 0.3) is 0 Å². The molecule has 7 heteroatoms. The first-order chi connectivity index (χ1) is 12.6. The number of nitriles is 1. The maximum absolute atomic E-state index is 12.5. The molecule has 1 N–H and O–H groups in total. The lowest BCUT2D eigenvalue weighted by atomic mass is 9.92. The predicted molar refractivity (Wildman–Crippen MR) is 105 cm³/mol. The van der Waals surface area contributed by atoms with Gasteiger partial charge in [-0.1, -0.05) is 37.3 Å². The van der Waals surface area contributed by atoms with Crippen molar-refractivity contribution in [1.29, 1.82) is 5.26 Å². The van der Waals surface area contributed by atoms with Gasteiger partial charge in [-0.25, -0.2) is 0 Å². The van der Waals surface area contributed by atoms with Crippen LogP contribution in [0.4, 0.5) is 0 Å². The van der Waals surface area contributed by atoms with Gasteiger partial charge >= 0.3 is 0 Å². The molecule has 0 bridgehead atoms. The molecule has 3 rings (SSSR count). The molecule has 1 aromatic heterocycles. The molecule has 26 heavy (non-hydrogen) atoms. The molecule has 142 valence electrons. The molecular weight excluding hydrogens is 368 g/mol. The van der Waals surface area contributed by atoms with Crippen molar-refractivity contribution in [2.45, 2.75) is 50.6 Å². The molecule has 2 fully saturated rings. The zero-order valence-electron chi connectivity index (χ0n) is 15.2. The average molecular weight is 395 g/mol. The van der Waals surface area contributed by atoms with Gasteiger partial charge in [-0.3, -0.25) is 14.6 Å². The monoisotopic (exact) mass is 394 g/mol. The molecule has 0 aromatic carbocycles. The first kappa shape index (κ1) is 19.6. The maximum Gasteiger partial charge on any atom is 0.235 e. The van der Waals surface area contributed by atoms with Gasteiger partial charge in [-0.05, 0) is 25.0 Å². The third-order valence-corrected chi connectivity index (χ3v) is 6.61. The summed E-state index contributed by atoms with van der Waals surface area (Å²) in [5, 5.41) is 12.7. The second kappa shape index (κ2) is 9.18. The normalized spacial score (nSPS) is 21.7. The van der Waals surface area contributed by atoms with Gasteiger partial charge in [0.25, 0.3) is 0 Å². The Morgan fingerprint density at radius 2 is 1.81 bits per heavy atom. The van der Waals surface area contributed by atoms with E-state index in [0.717, 1.165) is 75.6 Å². The van der Waals surface area contributed by atoms with E-state index in [4.69, 9.17) is 11.6 Å². The van der Waals surface area contributed by atoms with Crippen LogP contribution in [0.2, 0.25) is 4.34 Å². The van der Waals surface area contributed by atoms with Crippen molar-refractivity contribution in [2.75, 3.05) is 32.7 Å². The zero-order valence-corrected chi connectivity index (χ0v) is 16.7. The number of halogens is 1. The number of piperazine rings is 1. The smallest absolute Gasteiger partial charge is 0.235 e. The maximum atomic E-state index is 12.5. The SMILES string of the molecule is N#CC1(NC(=O)CN2CCN(Cc3ccc(Cl)s3)CC2)CCCCCC1. The summed E-state index contributed by atoms with van der Waals surface area (Å²) >= 11 is 7.63. The van der Waals surface area contributed by atoms with E-state index in [1.807, 2.05) is 6.07 Å². The topological polar surface area (TPSA) is 59.4 Å². The van der Waals surface area contributed by atoms with E-state index in [1.165, 1.54) is 4.88 Å². The molecule has 0 unspecified atom stereocenters. The first-order valence-corrected chi connectivity index (χ1v) is 10.7. The van der Waals surface area contributed by atoms with Crippen molar-refractivity contribution in [3.8, 4) is 6.07 Å². The zero-order chi connectivity index (χ0) is 18.4. The molecule has 1 saturated carbocycles. The lowest BCUT2D eigenvalue weighted by Crippen LogP contribution is -2.53. The summed E-state index contributed by atoms with van der Waals surface area (Å²) < 4.78 is 0.834. The van der Waals surface area contributed by atoms with Crippen molar-refractivity contribution in [1.82, 2.24) is 15.1 Å². The van der Waals surface area contributed by atoms with E-state index in [2.05, 4.69) is 27.3 Å². The van der Waals surface area contributed by atoms with Gasteiger partial charge in [-0.15, -0.1) is 11.3 Å². The van der Waals surface area contributed by atoms with Crippen LogP contribution < -0.4 is 5.32 Å². The Kier molecular flexibility index (Phi) is 6.93. The number of hydrogen-bond acceptors (Lipinski definition) is 5. The number of hydrogen-bond donors (Lipinski definition) is 1. The summed E-state index contributed by atoms with van der Waals surface area (Å²) in [6.07, 6.45) is 5.95. The second-order valence-corrected chi connectivity index (χ2v) is 9.21. The fourth-order valence-electron chi connectivity index (χ4n) is 3.87. The molecular formula is C19H27ClN4OS. The van der Waals surface area contributed by atoms with Gasteiger partial charge in [0.1, 0.15) is 5.54 Å². The minimum atomic E-state index is -0.645. The Labute approximate surface area is 164 Å². The molecule has 2 aliphatic rings. The number of carbonyl (C=O) groups is 1. The Morgan fingerprint density at radius 3 is 2.38 bits per heavy atom. The van der Waals surface area contributed by atoms with Crippen molar-refractivity contribution in [3.63, 3.8) is 0 Å². The number of amides is 1. The first-order valence-electron chi connectivity index (χ1n) is 9.50. The van der Waals surface area contributed by atoms with Gasteiger partial charge in [0.05, 0.1) is 17.0 Å². The molecule has 0 atom stereocenters. The molecule has 5 nitrogen and oxygen atoms in total. The minimum Gasteiger partial charge on any atom is -0.337 e. The van der Waals surface area contributed by atoms with Crippen LogP contribution in [0.3, 0.4) is 0 Å². The van der Waals surface area contributed by atoms with Gasteiger partial charge < -0.3 is 5.32 Å². The lowest BCUT2D eigenvalue weighted by molar-refractivity contribution is -0.124. The number of carbonyl (C=O) groups excluding carboxylic acids is 1. The molecule has 0 radical (unpaired) electrons. The Bertz CT molecular complexity index is 640. The van der Waals surface area contributed by atoms with Crippen LogP contribution in [0.15, 0.2) is 12.1 Å². The van der Waals surface area contributed by atoms with E-state index in [1.54, 1.807) is 11.3 Å². The second-order valence-electron chi connectivity index (χ2n) is 7.41. The summed E-state index contributed by atoms with van der Waals surface area (Å²) in [7, 11) is 0. The average Bonchev–Trinajstić information content (AvgIpc) is 2.90. The van der Waals surface area contributed by atoms with Crippen LogP contribution in [-0.2, 0) is 11.3 Å². The molecule has 2 heterocycles. The van der Waals surface area contributed by atoms with Crippen LogP contribution in [-0.4, -0.2) is 54.0 Å². The van der Waals surface area contributed by atoms with Crippen LogP contribution in [0, 0.1) is 11.3 Å². The molecule has 0 spiro atoms. The number of rotatable bonds is 5. The van der Waals surface area contributed by atoms with Crippen molar-refractivity contribution in [3.05, 3.63) is 21.3 Å². The molecule has 1 aliphatic carbocycles. The third kappa shape index (κ3) is 5.43. The van der Waals surface area contributed by atoms with Gasteiger partial charge in [0.2, 0.25) is 5.91 Å². The highest BCUT2D eigenvalue weighted by molar-refractivity contribution is 7.16. The summed E-state index contributed by atoms with van der Waals surface area (Å²) in [6, 6.07) is 6.42. The lowest BCUT2D eigenvalue weighted by Gasteiger charge is -2.35. The molecule has 1 aliphatic heterocycles. The van der Waals surface area contributed by atoms with Crippen molar-refractivity contribution in [2.24, 2.45) is 0 Å². The van der Waals surface area contributed by atoms with Crippen LogP contribution in [0.1, 0.15) is 43.4 Å². The van der Waals surface area contributed by atoms with Gasteiger partial charge in [0.15, 0.2) is 0 Å². The fraction of sp³-hybridized carbons (Fsp3) is 0.684. The quantitative estimate of drug-likeness (QED) is 0.779. The highest BCUT2D eigenvalue weighted by atomic mass is 35.5. The predicted octanol–water partition coefficient (Wildman–Crippen LogP) is 3.25. The summed E-state index contributed by atoms with van der Waals surface area (Å²) in [4.78, 5) is 18.4. The highest BCUT2D eigenvalue weighted by Gasteiger charge is 2.33. The van der Waals surface area contributed by atoms with E-state index in [0.29, 0.717) is 6.54 Å². The summed E-state index contributed by atoms with van der Waals surface area (Å²) in [5.41, 5.74) is -0.645. The number of thiophene rings is 1. The van der Waals surface area contributed by atoms with Crippen LogP contribution >= 0.6 is 22.9 Å². The standard InChI is InChI=1S/C19H27ClN4OS/c20-17-6-5-16(26-17)13-23-9-11-24(12-10-23)14-18(25)22-19(15-21)7-3-1-2-4-8-19/h5-6H,1-4,7-14H2,(H,22,25). The number of nitrogens with one attached hydrogen (secondary N) is 1. The largest absolute Gasteiger partial charge is 0.337 e. The Morgan fingerprint density at radius 1 is 1.15 bits per heavy atom. The van der Waals surface area contributed by atoms with E-state index < -0.39 is 5.54 Å². The van der Waals surface area contributed by atoms with Gasteiger partial charge in [0, 0.05) is 37.6 Å². The van der Waals surface area contributed by atoms with E-state index >= 15 is 0 Å². The molecule has 1 amide bonds. The molecule has 1 saturated heterocycles. The van der Waals surface area contributed by atoms with E-state index in [9.17, 15) is 10.1 Å². The highest BCUT2D eigenvalue weighted by Crippen LogP contribution is 2.26. The fourth-order valence-corrected chi connectivity index (χ4v) is 5.00. The van der Waals surface area contributed by atoms with Crippen LogP contribution in [0.5, 0.6) is 0 Å². The summed E-state index contributed by atoms with van der Waals surface area (Å²) in [6.45, 7) is 4.98. The van der Waals surface area contributed by atoms with Crippen molar-refractivity contribution >= 4 is 28.8 Å². The minimum absolute atomic E-state index is 0.00746. The Balaban J connectivity index is 1.43. The summed E-state index contributed by atoms with van der Waals surface area (Å²) in [5.74, 6) is -0.00746. The Hall–Kier alpha value is -1.13. The number of nitrogens with zero attached hydrogens (tertiary/aromatic N) is 3. The van der Waals surface area contributed by atoms with Crippen molar-refractivity contribution < 1.29 is 4.79 Å². The molecule has 1 aromatic rings. The third-order valence-electron chi connectivity index (χ3n) is 5.39.